The van der Waals surface area contributed by atoms with Gasteiger partial charge in [0.1, 0.15) is 0 Å². The summed E-state index contributed by atoms with van der Waals surface area (Å²) in [7, 11) is 0.0352. The van der Waals surface area contributed by atoms with Gasteiger partial charge in [0.2, 0.25) is 0 Å². The van der Waals surface area contributed by atoms with E-state index in [9.17, 15) is 13.2 Å². The van der Waals surface area contributed by atoms with Gasteiger partial charge in [0.15, 0.2) is 0 Å². The first-order chi connectivity index (χ1) is 10.9. The van der Waals surface area contributed by atoms with Gasteiger partial charge in [0.25, 0.3) is 15.9 Å². The number of rotatable bonds is 5. The zero-order valence-corrected chi connectivity index (χ0v) is 13.7. The van der Waals surface area contributed by atoms with Crippen molar-refractivity contribution in [3.63, 3.8) is 0 Å². The van der Waals surface area contributed by atoms with Crippen LogP contribution in [0.15, 0.2) is 65.6 Å². The molecule has 0 spiro atoms. The van der Waals surface area contributed by atoms with E-state index in [0.29, 0.717) is 0 Å². The maximum absolute atomic E-state index is 12.0. The number of nitrogens with one attached hydrogen (secondary N) is 1. The van der Waals surface area contributed by atoms with E-state index in [2.05, 4.69) is 0 Å². The van der Waals surface area contributed by atoms with Gasteiger partial charge in [-0.1, -0.05) is 30.3 Å². The second-order valence-corrected chi connectivity index (χ2v) is 6.78. The number of anilines is 1. The first kappa shape index (κ1) is 16.8. The van der Waals surface area contributed by atoms with E-state index in [1.807, 2.05) is 48.0 Å². The second-order valence-electron chi connectivity index (χ2n) is 5.10. The van der Waals surface area contributed by atoms with Gasteiger partial charge < -0.3 is 4.90 Å². The fraction of sp³-hybridized carbons (Fsp3) is 0.118. The van der Waals surface area contributed by atoms with Gasteiger partial charge in [-0.15, -0.1) is 0 Å². The van der Waals surface area contributed by atoms with Gasteiger partial charge in [0, 0.05) is 25.9 Å². The van der Waals surface area contributed by atoms with Crippen LogP contribution in [0.3, 0.4) is 0 Å². The van der Waals surface area contributed by atoms with Crippen LogP contribution in [-0.4, -0.2) is 28.4 Å². The van der Waals surface area contributed by atoms with Crippen molar-refractivity contribution in [3.8, 4) is 0 Å². The summed E-state index contributed by atoms with van der Waals surface area (Å²) in [5.74, 6) is -0.689. The Kier molecular flexibility index (Phi) is 5.18. The maximum atomic E-state index is 12.0. The molecular formula is C17H18N2O3S. The van der Waals surface area contributed by atoms with Gasteiger partial charge in [-0.25, -0.2) is 13.1 Å². The van der Waals surface area contributed by atoms with E-state index in [-0.39, 0.29) is 4.90 Å². The number of sulfonamides is 1. The maximum Gasteiger partial charge on any atom is 0.264 e. The van der Waals surface area contributed by atoms with Crippen LogP contribution in [0.1, 0.15) is 5.56 Å². The summed E-state index contributed by atoms with van der Waals surface area (Å²) in [4.78, 5) is 13.8. The molecule has 2 aromatic rings. The molecule has 2 aromatic carbocycles. The lowest BCUT2D eigenvalue weighted by atomic mass is 10.2. The zero-order chi connectivity index (χ0) is 16.9. The van der Waals surface area contributed by atoms with Crippen molar-refractivity contribution in [1.82, 2.24) is 4.72 Å². The zero-order valence-electron chi connectivity index (χ0n) is 12.9. The molecular weight excluding hydrogens is 312 g/mol. The Morgan fingerprint density at radius 1 is 1.00 bits per heavy atom. The van der Waals surface area contributed by atoms with Crippen LogP contribution < -0.4 is 9.62 Å². The van der Waals surface area contributed by atoms with Crippen LogP contribution in [0.2, 0.25) is 0 Å². The molecule has 23 heavy (non-hydrogen) atoms. The van der Waals surface area contributed by atoms with Gasteiger partial charge in [-0.3, -0.25) is 4.79 Å². The Morgan fingerprint density at radius 2 is 1.61 bits per heavy atom. The van der Waals surface area contributed by atoms with Crippen LogP contribution in [0.25, 0.3) is 6.08 Å². The Balaban J connectivity index is 2.04. The molecule has 0 unspecified atom stereocenters. The molecule has 1 N–H and O–H groups in total. The Morgan fingerprint density at radius 3 is 2.17 bits per heavy atom. The van der Waals surface area contributed by atoms with Crippen molar-refractivity contribution in [2.75, 3.05) is 19.0 Å². The number of nitrogens with zero attached hydrogens (tertiary/aromatic N) is 1. The third kappa shape index (κ3) is 4.69. The topological polar surface area (TPSA) is 66.5 Å². The van der Waals surface area contributed by atoms with Gasteiger partial charge in [-0.05, 0) is 35.9 Å². The van der Waals surface area contributed by atoms with Crippen LogP contribution in [0.4, 0.5) is 5.69 Å². The molecule has 0 fully saturated rings. The smallest absolute Gasteiger partial charge is 0.264 e. The normalized spacial score (nSPS) is 11.4. The summed E-state index contributed by atoms with van der Waals surface area (Å²) in [6, 6.07) is 15.3. The Labute approximate surface area is 136 Å². The minimum absolute atomic E-state index is 0.0529. The number of hydrogen-bond donors (Lipinski definition) is 1. The van der Waals surface area contributed by atoms with Crippen LogP contribution in [0, 0.1) is 0 Å². The highest BCUT2D eigenvalue weighted by molar-refractivity contribution is 7.90. The largest absolute Gasteiger partial charge is 0.378 e. The average Bonchev–Trinajstić information content (AvgIpc) is 2.54. The summed E-state index contributed by atoms with van der Waals surface area (Å²) in [5, 5.41) is 0. The molecule has 0 saturated carbocycles. The summed E-state index contributed by atoms with van der Waals surface area (Å²) >= 11 is 0. The molecule has 2 rings (SSSR count). The van der Waals surface area contributed by atoms with Crippen LogP contribution in [-0.2, 0) is 14.8 Å². The highest BCUT2D eigenvalue weighted by Crippen LogP contribution is 2.13. The minimum Gasteiger partial charge on any atom is -0.378 e. The van der Waals surface area contributed by atoms with Crippen molar-refractivity contribution in [1.29, 1.82) is 0 Å². The third-order valence-corrected chi connectivity index (χ3v) is 4.49. The van der Waals surface area contributed by atoms with Gasteiger partial charge in [-0.2, -0.15) is 0 Å². The Hall–Kier alpha value is -2.60. The number of carbonyl (C=O) groups is 1. The molecule has 0 saturated heterocycles. The van der Waals surface area contributed by atoms with E-state index in [4.69, 9.17) is 0 Å². The Bertz CT molecular complexity index is 795. The van der Waals surface area contributed by atoms with Crippen LogP contribution in [0.5, 0.6) is 0 Å². The number of carbonyl (C=O) groups excluding carboxylic acids is 1. The predicted molar refractivity (Wildman–Crippen MR) is 91.6 cm³/mol. The van der Waals surface area contributed by atoms with Crippen molar-refractivity contribution in [2.24, 2.45) is 0 Å². The second kappa shape index (κ2) is 7.11. The molecule has 5 nitrogen and oxygen atoms in total. The van der Waals surface area contributed by atoms with E-state index in [0.717, 1.165) is 11.3 Å². The fourth-order valence-corrected chi connectivity index (χ4v) is 2.85. The molecule has 0 heterocycles. The van der Waals surface area contributed by atoms with E-state index in [1.165, 1.54) is 18.2 Å². The molecule has 0 aliphatic heterocycles. The minimum atomic E-state index is -3.84. The molecule has 0 aliphatic carbocycles. The van der Waals surface area contributed by atoms with Crippen molar-refractivity contribution in [3.05, 3.63) is 66.2 Å². The monoisotopic (exact) mass is 330 g/mol. The average molecular weight is 330 g/mol. The van der Waals surface area contributed by atoms with E-state index >= 15 is 0 Å². The molecule has 0 bridgehead atoms. The molecule has 0 aliphatic rings. The lowest BCUT2D eigenvalue weighted by Crippen LogP contribution is -2.28. The fourth-order valence-electron chi connectivity index (χ4n) is 1.88. The quantitative estimate of drug-likeness (QED) is 0.854. The lowest BCUT2D eigenvalue weighted by Gasteiger charge is -2.11. The van der Waals surface area contributed by atoms with Crippen LogP contribution >= 0.6 is 0 Å². The molecule has 0 radical (unpaired) electrons. The van der Waals surface area contributed by atoms with Crippen molar-refractivity contribution >= 4 is 27.7 Å². The molecule has 1 amide bonds. The molecule has 120 valence electrons. The summed E-state index contributed by atoms with van der Waals surface area (Å²) < 4.78 is 26.0. The third-order valence-electron chi connectivity index (χ3n) is 3.13. The molecule has 0 aromatic heterocycles. The first-order valence-electron chi connectivity index (χ1n) is 6.96. The van der Waals surface area contributed by atoms with Gasteiger partial charge >= 0.3 is 0 Å². The number of benzene rings is 2. The first-order valence-corrected chi connectivity index (χ1v) is 8.44. The van der Waals surface area contributed by atoms with Crippen molar-refractivity contribution < 1.29 is 13.2 Å². The summed E-state index contributed by atoms with van der Waals surface area (Å²) in [5.41, 5.74) is 1.85. The highest BCUT2D eigenvalue weighted by atomic mass is 32.2. The summed E-state index contributed by atoms with van der Waals surface area (Å²) in [6.07, 6.45) is 2.76. The van der Waals surface area contributed by atoms with Gasteiger partial charge in [0.05, 0.1) is 4.90 Å². The number of amides is 1. The molecule has 0 atom stereocenters. The standard InChI is InChI=1S/C17H18N2O3S/c1-19(2)15-11-8-14(9-12-15)10-13-17(20)18-23(21,22)16-6-4-3-5-7-16/h3-13H,1-2H3,(H,18,20)/b13-10+. The number of hydrogen-bond acceptors (Lipinski definition) is 4. The summed E-state index contributed by atoms with van der Waals surface area (Å²) in [6.45, 7) is 0. The molecule has 6 heteroatoms. The highest BCUT2D eigenvalue weighted by Gasteiger charge is 2.15. The predicted octanol–water partition coefficient (Wildman–Crippen LogP) is 2.27. The SMILES string of the molecule is CN(C)c1ccc(/C=C/C(=O)NS(=O)(=O)c2ccccc2)cc1. The lowest BCUT2D eigenvalue weighted by molar-refractivity contribution is -0.114. The van der Waals surface area contributed by atoms with Crippen molar-refractivity contribution in [2.45, 2.75) is 4.90 Å². The van der Waals surface area contributed by atoms with E-state index < -0.39 is 15.9 Å². The van der Waals surface area contributed by atoms with E-state index in [1.54, 1.807) is 24.3 Å².